The van der Waals surface area contributed by atoms with Crippen molar-refractivity contribution < 1.29 is 48.0 Å². The summed E-state index contributed by atoms with van der Waals surface area (Å²) in [6, 6.07) is 53.9. The van der Waals surface area contributed by atoms with Gasteiger partial charge in [-0.3, -0.25) is 0 Å². The Kier molecular flexibility index (Phi) is 7.61. The first-order valence-corrected chi connectivity index (χ1v) is 18.2. The molecule has 10 rings (SSSR count). The van der Waals surface area contributed by atoms with Gasteiger partial charge in [0.25, 0.3) is 0 Å². The third kappa shape index (κ3) is 4.48. The van der Waals surface area contributed by atoms with Crippen LogP contribution >= 0.6 is 0 Å². The molecule has 47 heavy (non-hydrogen) atoms. The Bertz CT molecular complexity index is 2290. The number of halogens is 2. The molecule has 0 aliphatic heterocycles. The van der Waals surface area contributed by atoms with Crippen LogP contribution < -0.4 is 31.4 Å². The van der Waals surface area contributed by atoms with E-state index in [2.05, 4.69) is 155 Å². The molecule has 2 aliphatic rings. The maximum atomic E-state index is 2.50. The summed E-state index contributed by atoms with van der Waals surface area (Å²) < 4.78 is 8.21. The second kappa shape index (κ2) is 11.8. The van der Waals surface area contributed by atoms with Gasteiger partial charge in [-0.1, -0.05) is 0 Å². The number of rotatable bonds is 4. The van der Waals surface area contributed by atoms with Crippen molar-refractivity contribution in [1.29, 1.82) is 0 Å². The van der Waals surface area contributed by atoms with E-state index in [1.807, 2.05) is 0 Å². The fourth-order valence-electron chi connectivity index (χ4n) is 7.96. The molecule has 0 spiro atoms. The van der Waals surface area contributed by atoms with Crippen molar-refractivity contribution in [1.82, 2.24) is 9.13 Å². The first kappa shape index (κ1) is 30.2. The van der Waals surface area contributed by atoms with E-state index in [1.54, 1.807) is 17.7 Å². The number of para-hydroxylation sites is 4. The van der Waals surface area contributed by atoms with Gasteiger partial charge in [0, 0.05) is 0 Å². The van der Waals surface area contributed by atoms with Crippen molar-refractivity contribution in [3.05, 3.63) is 168 Å². The van der Waals surface area contributed by atoms with E-state index in [4.69, 9.17) is 0 Å². The molecule has 6 aromatic carbocycles. The Morgan fingerprint density at radius 3 is 1.23 bits per heavy atom. The van der Waals surface area contributed by atoms with Crippen LogP contribution in [-0.4, -0.2) is 9.13 Å². The van der Waals surface area contributed by atoms with Crippen molar-refractivity contribution in [3.8, 4) is 33.9 Å². The molecule has 8 aromatic rings. The SMILES string of the molecule is [Cl-].[Cl-].c1ccc(-n2c3c(c4ccccc42)Cc2[c]([Zr+2][c]4cccc5c4Cc4c-5n(-c5ccccc5)c5ccccc45)cccc2-3)cc1. The zero-order chi connectivity index (χ0) is 29.5. The van der Waals surface area contributed by atoms with Gasteiger partial charge in [0.15, 0.2) is 0 Å². The third-order valence-electron chi connectivity index (χ3n) is 9.83. The second-order valence-electron chi connectivity index (χ2n) is 12.2. The molecule has 0 amide bonds. The Balaban J connectivity index is 0.00000162. The van der Waals surface area contributed by atoms with Crippen molar-refractivity contribution in [2.75, 3.05) is 0 Å². The van der Waals surface area contributed by atoms with Crippen LogP contribution in [-0.2, 0) is 36.1 Å². The summed E-state index contributed by atoms with van der Waals surface area (Å²) in [6.45, 7) is 0. The number of aromatic nitrogens is 2. The van der Waals surface area contributed by atoms with Gasteiger partial charge in [0.1, 0.15) is 0 Å². The molecule has 0 bridgehead atoms. The molecule has 0 saturated heterocycles. The van der Waals surface area contributed by atoms with Crippen LogP contribution in [0.4, 0.5) is 0 Å². The first-order chi connectivity index (χ1) is 22.3. The number of nitrogens with zero attached hydrogens (tertiary/aromatic N) is 2. The first-order valence-electron chi connectivity index (χ1n) is 15.7. The van der Waals surface area contributed by atoms with E-state index < -0.39 is 23.2 Å². The number of hydrogen-bond acceptors (Lipinski definition) is 0. The van der Waals surface area contributed by atoms with Crippen molar-refractivity contribution in [3.63, 3.8) is 0 Å². The van der Waals surface area contributed by atoms with Gasteiger partial charge in [0.05, 0.1) is 0 Å². The van der Waals surface area contributed by atoms with Crippen LogP contribution in [0.3, 0.4) is 0 Å². The van der Waals surface area contributed by atoms with Gasteiger partial charge < -0.3 is 24.8 Å². The number of hydrogen-bond donors (Lipinski definition) is 0. The zero-order valence-electron chi connectivity index (χ0n) is 25.4. The molecule has 0 saturated carbocycles. The summed E-state index contributed by atoms with van der Waals surface area (Å²) in [5.41, 5.74) is 16.7. The Labute approximate surface area is 298 Å². The molecule has 0 N–H and O–H groups in total. The molecule has 0 radical (unpaired) electrons. The van der Waals surface area contributed by atoms with E-state index in [0.717, 1.165) is 12.8 Å². The van der Waals surface area contributed by atoms with E-state index in [-0.39, 0.29) is 24.8 Å². The minimum atomic E-state index is -1.11. The normalized spacial score (nSPS) is 12.1. The third-order valence-corrected chi connectivity index (χ3v) is 13.5. The Morgan fingerprint density at radius 2 is 0.787 bits per heavy atom. The topological polar surface area (TPSA) is 9.86 Å². The molecule has 0 unspecified atom stereocenters. The fourth-order valence-corrected chi connectivity index (χ4v) is 11.4. The summed E-state index contributed by atoms with van der Waals surface area (Å²) >= 11 is -1.11. The van der Waals surface area contributed by atoms with Gasteiger partial charge in [-0.25, -0.2) is 0 Å². The van der Waals surface area contributed by atoms with Gasteiger partial charge in [-0.2, -0.15) is 0 Å². The molecular weight excluding hydrogens is 695 g/mol. The van der Waals surface area contributed by atoms with E-state index in [9.17, 15) is 0 Å². The number of benzene rings is 6. The van der Waals surface area contributed by atoms with Crippen LogP contribution in [0.25, 0.3) is 55.7 Å². The maximum absolute atomic E-state index is 2.50. The van der Waals surface area contributed by atoms with Crippen molar-refractivity contribution in [2.45, 2.75) is 12.8 Å². The van der Waals surface area contributed by atoms with Crippen LogP contribution in [0.15, 0.2) is 146 Å². The zero-order valence-corrected chi connectivity index (χ0v) is 29.4. The Hall–Kier alpha value is -4.14. The van der Waals surface area contributed by atoms with Gasteiger partial charge >= 0.3 is 275 Å². The summed E-state index contributed by atoms with van der Waals surface area (Å²) in [6.07, 6.45) is 2.03. The predicted molar refractivity (Wildman–Crippen MR) is 182 cm³/mol. The van der Waals surface area contributed by atoms with Gasteiger partial charge in [0.2, 0.25) is 0 Å². The van der Waals surface area contributed by atoms with Crippen LogP contribution in [0.2, 0.25) is 0 Å². The molecule has 2 heterocycles. The summed E-state index contributed by atoms with van der Waals surface area (Å²) in [5, 5.41) is 2.76. The molecule has 2 aliphatic carbocycles. The average Bonchev–Trinajstić information content (AvgIpc) is 3.83. The average molecular weight is 723 g/mol. The van der Waals surface area contributed by atoms with Crippen LogP contribution in [0.1, 0.15) is 22.3 Å². The molecule has 2 nitrogen and oxygen atoms in total. The quantitative estimate of drug-likeness (QED) is 0.265. The minimum absolute atomic E-state index is 0. The molecule has 224 valence electrons. The predicted octanol–water partition coefficient (Wildman–Crippen LogP) is 2.76. The van der Waals surface area contributed by atoms with E-state index in [1.165, 1.54) is 66.8 Å². The summed E-state index contributed by atoms with van der Waals surface area (Å²) in [7, 11) is 0. The fraction of sp³-hybridized carbons (Fsp3) is 0.0476. The molecule has 0 atom stereocenters. The summed E-state index contributed by atoms with van der Waals surface area (Å²) in [5.74, 6) is 0. The molecule has 2 aromatic heterocycles. The molecule has 0 fully saturated rings. The molecule has 5 heteroatoms. The van der Waals surface area contributed by atoms with Crippen LogP contribution in [0, 0.1) is 0 Å². The second-order valence-corrected chi connectivity index (χ2v) is 15.4. The van der Waals surface area contributed by atoms with Crippen molar-refractivity contribution in [2.24, 2.45) is 0 Å². The summed E-state index contributed by atoms with van der Waals surface area (Å²) in [4.78, 5) is 0. The Morgan fingerprint density at radius 1 is 0.383 bits per heavy atom. The van der Waals surface area contributed by atoms with Crippen LogP contribution in [0.5, 0.6) is 0 Å². The van der Waals surface area contributed by atoms with Gasteiger partial charge in [-0.15, -0.1) is 0 Å². The van der Waals surface area contributed by atoms with E-state index >= 15 is 0 Å². The van der Waals surface area contributed by atoms with Crippen molar-refractivity contribution >= 4 is 28.3 Å². The molecular formula is C42H28Cl2N2Zr. The van der Waals surface area contributed by atoms with E-state index in [0.29, 0.717) is 0 Å². The standard InChI is InChI=1S/2C21H14N.2ClH.Zr/c2*1-2-9-16(10-3-1)22-20-13-7-6-12-18(20)19-14-15-8-4-5-11-17(15)21(19)22;;;/h2*1-7,9-13H,14H2;2*1H;/q;;;;+2/p-2. The monoisotopic (exact) mass is 720 g/mol. The number of fused-ring (bicyclic) bond motifs is 10. The van der Waals surface area contributed by atoms with Gasteiger partial charge in [-0.05, 0) is 0 Å².